The Labute approximate surface area is 99.0 Å². The molecule has 0 aromatic heterocycles. The smallest absolute Gasteiger partial charge is 0.248 e. The fourth-order valence-corrected chi connectivity index (χ4v) is 2.03. The van der Waals surface area contributed by atoms with Crippen LogP contribution in [-0.2, 0) is 14.8 Å². The monoisotopic (exact) mass is 259 g/mol. The molecule has 4 N–H and O–H groups in total. The lowest BCUT2D eigenvalue weighted by molar-refractivity contribution is -0.120. The molecule has 8 heteroatoms. The van der Waals surface area contributed by atoms with Crippen LogP contribution >= 0.6 is 0 Å². The summed E-state index contributed by atoms with van der Waals surface area (Å²) >= 11 is 0. The molecule has 0 heterocycles. The van der Waals surface area contributed by atoms with Crippen LogP contribution in [0.15, 0.2) is 29.2 Å². The first-order valence-corrected chi connectivity index (χ1v) is 6.11. The number of hydrogen-bond acceptors (Lipinski definition) is 5. The number of hydrogen-bond donors (Lipinski definition) is 3. The van der Waals surface area contributed by atoms with Crippen LogP contribution in [0.2, 0.25) is 0 Å². The number of hydrazine groups is 1. The van der Waals surface area contributed by atoms with E-state index in [4.69, 9.17) is 10.6 Å². The van der Waals surface area contributed by atoms with Gasteiger partial charge in [-0.05, 0) is 24.3 Å². The maximum Gasteiger partial charge on any atom is 0.248 e. The largest absolute Gasteiger partial charge is 0.497 e. The number of methoxy groups -OCH3 is 1. The summed E-state index contributed by atoms with van der Waals surface area (Å²) in [6.45, 7) is -0.412. The summed E-state index contributed by atoms with van der Waals surface area (Å²) in [5.74, 6) is 4.75. The zero-order valence-corrected chi connectivity index (χ0v) is 9.95. The van der Waals surface area contributed by atoms with Crippen molar-refractivity contribution in [2.24, 2.45) is 5.84 Å². The van der Waals surface area contributed by atoms with E-state index in [2.05, 4.69) is 4.72 Å². The Hall–Kier alpha value is -1.64. The number of nitrogens with two attached hydrogens (primary N) is 1. The number of sulfonamides is 1. The van der Waals surface area contributed by atoms with Crippen LogP contribution in [0.25, 0.3) is 0 Å². The zero-order valence-electron chi connectivity index (χ0n) is 9.14. The van der Waals surface area contributed by atoms with E-state index < -0.39 is 22.5 Å². The van der Waals surface area contributed by atoms with Crippen LogP contribution < -0.4 is 20.7 Å². The van der Waals surface area contributed by atoms with Crippen molar-refractivity contribution in [3.8, 4) is 5.75 Å². The van der Waals surface area contributed by atoms with E-state index in [1.165, 1.54) is 31.4 Å². The highest BCUT2D eigenvalue weighted by Crippen LogP contribution is 2.14. The first kappa shape index (κ1) is 13.4. The van der Waals surface area contributed by atoms with E-state index >= 15 is 0 Å². The van der Waals surface area contributed by atoms with Gasteiger partial charge in [-0.25, -0.2) is 19.0 Å². The third-order valence-electron chi connectivity index (χ3n) is 1.95. The van der Waals surface area contributed by atoms with Gasteiger partial charge in [-0.1, -0.05) is 0 Å². The summed E-state index contributed by atoms with van der Waals surface area (Å²) in [4.78, 5) is 10.9. The molecular weight excluding hydrogens is 246 g/mol. The van der Waals surface area contributed by atoms with E-state index in [-0.39, 0.29) is 4.90 Å². The van der Waals surface area contributed by atoms with Gasteiger partial charge in [0.2, 0.25) is 15.9 Å². The molecule has 1 amide bonds. The number of nitrogens with one attached hydrogen (secondary N) is 2. The molecule has 1 aromatic rings. The lowest BCUT2D eigenvalue weighted by atomic mass is 10.3. The molecule has 0 aliphatic rings. The van der Waals surface area contributed by atoms with Gasteiger partial charge in [0.1, 0.15) is 5.75 Å². The average Bonchev–Trinajstić information content (AvgIpc) is 2.36. The van der Waals surface area contributed by atoms with Crippen LogP contribution in [0.4, 0.5) is 0 Å². The highest BCUT2D eigenvalue weighted by molar-refractivity contribution is 7.89. The summed E-state index contributed by atoms with van der Waals surface area (Å²) in [5, 5.41) is 0. The van der Waals surface area contributed by atoms with Crippen molar-refractivity contribution in [1.82, 2.24) is 10.1 Å². The fourth-order valence-electron chi connectivity index (χ4n) is 1.05. The topological polar surface area (TPSA) is 111 Å². The SMILES string of the molecule is COc1ccc(S(=O)(=O)NCC(=O)NN)cc1. The standard InChI is InChI=1S/C9H13N3O4S/c1-16-7-2-4-8(5-3-7)17(14,15)11-6-9(13)12-10/h2-5,11H,6,10H2,1H3,(H,12,13). The van der Waals surface area contributed by atoms with Gasteiger partial charge < -0.3 is 4.74 Å². The second-order valence-electron chi connectivity index (χ2n) is 3.07. The second kappa shape index (κ2) is 5.62. The lowest BCUT2D eigenvalue weighted by Crippen LogP contribution is -2.40. The number of carbonyl (C=O) groups is 1. The molecule has 0 atom stereocenters. The van der Waals surface area contributed by atoms with E-state index in [0.29, 0.717) is 5.75 Å². The van der Waals surface area contributed by atoms with Crippen LogP contribution in [0.3, 0.4) is 0 Å². The van der Waals surface area contributed by atoms with Crippen molar-refractivity contribution < 1.29 is 17.9 Å². The third kappa shape index (κ3) is 3.70. The number of carbonyl (C=O) groups excluding carboxylic acids is 1. The molecule has 7 nitrogen and oxygen atoms in total. The Kier molecular flexibility index (Phi) is 4.44. The summed E-state index contributed by atoms with van der Waals surface area (Å²) < 4.78 is 30.4. The Morgan fingerprint density at radius 1 is 1.35 bits per heavy atom. The van der Waals surface area contributed by atoms with Gasteiger partial charge in [0.05, 0.1) is 18.6 Å². The predicted octanol–water partition coefficient (Wildman–Crippen LogP) is -1.04. The molecule has 0 aliphatic carbocycles. The summed E-state index contributed by atoms with van der Waals surface area (Å²) in [7, 11) is -2.23. The first-order chi connectivity index (χ1) is 7.99. The molecule has 0 bridgehead atoms. The minimum absolute atomic E-state index is 0.0446. The van der Waals surface area contributed by atoms with Gasteiger partial charge in [0, 0.05) is 0 Å². The number of rotatable bonds is 5. The molecule has 0 saturated carbocycles. The van der Waals surface area contributed by atoms with Gasteiger partial charge >= 0.3 is 0 Å². The van der Waals surface area contributed by atoms with Crippen molar-refractivity contribution in [2.45, 2.75) is 4.90 Å². The summed E-state index contributed by atoms with van der Waals surface area (Å²) in [6, 6.07) is 5.78. The van der Waals surface area contributed by atoms with Gasteiger partial charge in [-0.2, -0.15) is 0 Å². The lowest BCUT2D eigenvalue weighted by Gasteiger charge is -2.06. The molecule has 0 aliphatic heterocycles. The molecule has 0 unspecified atom stereocenters. The van der Waals surface area contributed by atoms with E-state index in [1.54, 1.807) is 0 Å². The van der Waals surface area contributed by atoms with E-state index in [9.17, 15) is 13.2 Å². The number of ether oxygens (including phenoxy) is 1. The number of benzene rings is 1. The molecule has 17 heavy (non-hydrogen) atoms. The normalized spacial score (nSPS) is 10.9. The Balaban J connectivity index is 2.78. The van der Waals surface area contributed by atoms with Crippen LogP contribution in [0.1, 0.15) is 0 Å². The van der Waals surface area contributed by atoms with Crippen molar-refractivity contribution in [3.63, 3.8) is 0 Å². The van der Waals surface area contributed by atoms with Crippen LogP contribution in [0, 0.1) is 0 Å². The minimum atomic E-state index is -3.71. The molecule has 0 saturated heterocycles. The molecule has 0 radical (unpaired) electrons. The predicted molar refractivity (Wildman–Crippen MR) is 60.5 cm³/mol. The molecule has 0 fully saturated rings. The molecular formula is C9H13N3O4S. The van der Waals surface area contributed by atoms with Crippen LogP contribution in [-0.4, -0.2) is 28.0 Å². The highest BCUT2D eigenvalue weighted by atomic mass is 32.2. The minimum Gasteiger partial charge on any atom is -0.497 e. The van der Waals surface area contributed by atoms with Crippen molar-refractivity contribution in [2.75, 3.05) is 13.7 Å². The van der Waals surface area contributed by atoms with Crippen LogP contribution in [0.5, 0.6) is 5.75 Å². The first-order valence-electron chi connectivity index (χ1n) is 4.63. The van der Waals surface area contributed by atoms with Gasteiger partial charge in [-0.3, -0.25) is 10.2 Å². The Morgan fingerprint density at radius 3 is 2.41 bits per heavy atom. The summed E-state index contributed by atoms with van der Waals surface area (Å²) in [5.41, 5.74) is 1.82. The Morgan fingerprint density at radius 2 is 1.94 bits per heavy atom. The van der Waals surface area contributed by atoms with Crippen molar-refractivity contribution in [3.05, 3.63) is 24.3 Å². The fraction of sp³-hybridized carbons (Fsp3) is 0.222. The van der Waals surface area contributed by atoms with Gasteiger partial charge in [-0.15, -0.1) is 0 Å². The van der Waals surface area contributed by atoms with Crippen molar-refractivity contribution in [1.29, 1.82) is 0 Å². The van der Waals surface area contributed by atoms with Gasteiger partial charge in [0.15, 0.2) is 0 Å². The molecule has 1 aromatic carbocycles. The zero-order chi connectivity index (χ0) is 12.9. The van der Waals surface area contributed by atoms with E-state index in [0.717, 1.165) is 0 Å². The molecule has 1 rings (SSSR count). The maximum atomic E-state index is 11.7. The van der Waals surface area contributed by atoms with Gasteiger partial charge in [0.25, 0.3) is 0 Å². The maximum absolute atomic E-state index is 11.7. The van der Waals surface area contributed by atoms with Crippen molar-refractivity contribution >= 4 is 15.9 Å². The second-order valence-corrected chi connectivity index (χ2v) is 4.83. The third-order valence-corrected chi connectivity index (χ3v) is 3.37. The highest BCUT2D eigenvalue weighted by Gasteiger charge is 2.14. The molecule has 0 spiro atoms. The summed E-state index contributed by atoms with van der Waals surface area (Å²) in [6.07, 6.45) is 0. The molecule has 94 valence electrons. The quantitative estimate of drug-likeness (QED) is 0.355. The number of amides is 1. The van der Waals surface area contributed by atoms with E-state index in [1.807, 2.05) is 5.43 Å². The average molecular weight is 259 g/mol. The Bertz CT molecular complexity index is 483.